The lowest BCUT2D eigenvalue weighted by Gasteiger charge is -2.40. The number of hydrogen-bond donors (Lipinski definition) is 0. The van der Waals surface area contributed by atoms with Crippen LogP contribution in [-0.2, 0) is 48.6 Å². The first-order valence-electron chi connectivity index (χ1n) is 10.5. The van der Waals surface area contributed by atoms with Gasteiger partial charge in [0.05, 0.1) is 58.4 Å². The first-order valence-corrected chi connectivity index (χ1v) is 12.1. The van der Waals surface area contributed by atoms with Crippen LogP contribution in [0.4, 0.5) is 0 Å². The molecular weight excluding hydrogens is 471 g/mol. The normalized spacial score (nSPS) is 16.7. The highest BCUT2D eigenvalue weighted by Gasteiger charge is 2.57. The molecule has 34 heavy (non-hydrogen) atoms. The third kappa shape index (κ3) is 4.87. The monoisotopic (exact) mass is 500 g/mol. The van der Waals surface area contributed by atoms with Crippen LogP contribution in [0.25, 0.3) is 0 Å². The van der Waals surface area contributed by atoms with Gasteiger partial charge in [-0.2, -0.15) is 0 Å². The van der Waals surface area contributed by atoms with E-state index in [4.69, 9.17) is 28.0 Å². The number of rotatable bonds is 9. The third-order valence-corrected chi connectivity index (χ3v) is 8.10. The summed E-state index contributed by atoms with van der Waals surface area (Å²) in [6, 6.07) is 2.64. The fraction of sp³-hybridized carbons (Fsp3) is 0.545. The predicted octanol–water partition coefficient (Wildman–Crippen LogP) is 2.85. The summed E-state index contributed by atoms with van der Waals surface area (Å²) in [5.41, 5.74) is -2.77. The topological polar surface area (TPSA) is 141 Å². The lowest BCUT2D eigenvalue weighted by molar-refractivity contribution is -0.170. The molecule has 1 aromatic carbocycles. The van der Waals surface area contributed by atoms with Crippen molar-refractivity contribution in [3.05, 3.63) is 34.4 Å². The summed E-state index contributed by atoms with van der Waals surface area (Å²) in [6.07, 6.45) is -0.587. The Morgan fingerprint density at radius 1 is 0.853 bits per heavy atom. The number of ether oxygens (including phenoxy) is 4. The maximum atomic E-state index is 13.9. The molecule has 1 aromatic rings. The quantitative estimate of drug-likeness (QED) is 0.214. The van der Waals surface area contributed by atoms with Crippen molar-refractivity contribution in [3.8, 4) is 0 Å². The summed E-state index contributed by atoms with van der Waals surface area (Å²) in [5.74, 6) is -3.50. The van der Waals surface area contributed by atoms with Crippen molar-refractivity contribution in [3.63, 3.8) is 0 Å². The molecule has 2 rings (SSSR count). The van der Waals surface area contributed by atoms with Crippen LogP contribution in [-0.4, -0.2) is 65.5 Å². The molecule has 12 heteroatoms. The van der Waals surface area contributed by atoms with E-state index in [-0.39, 0.29) is 42.7 Å². The van der Waals surface area contributed by atoms with E-state index in [1.165, 1.54) is 12.1 Å². The van der Waals surface area contributed by atoms with Crippen LogP contribution >= 0.6 is 7.60 Å². The van der Waals surface area contributed by atoms with Crippen molar-refractivity contribution >= 4 is 31.5 Å². The second-order valence-corrected chi connectivity index (χ2v) is 9.64. The van der Waals surface area contributed by atoms with Crippen LogP contribution in [0.15, 0.2) is 12.1 Å². The van der Waals surface area contributed by atoms with Gasteiger partial charge in [0.1, 0.15) is 0 Å². The maximum absolute atomic E-state index is 13.9. The molecule has 1 aliphatic rings. The van der Waals surface area contributed by atoms with E-state index in [9.17, 15) is 23.7 Å². The number of hydrogen-bond acceptors (Lipinski definition) is 11. The number of benzene rings is 1. The van der Waals surface area contributed by atoms with Gasteiger partial charge in [0, 0.05) is 0 Å². The molecule has 0 fully saturated rings. The van der Waals surface area contributed by atoms with Crippen molar-refractivity contribution in [2.24, 2.45) is 5.41 Å². The average molecular weight is 500 g/mol. The molecule has 0 saturated carbocycles. The van der Waals surface area contributed by atoms with Gasteiger partial charge in [-0.25, -0.2) is 9.59 Å². The lowest BCUT2D eigenvalue weighted by atomic mass is 9.70. The molecule has 0 aliphatic heterocycles. The van der Waals surface area contributed by atoms with Crippen molar-refractivity contribution in [2.45, 2.75) is 32.3 Å². The Morgan fingerprint density at radius 2 is 1.32 bits per heavy atom. The van der Waals surface area contributed by atoms with Crippen LogP contribution in [0.2, 0.25) is 0 Å². The van der Waals surface area contributed by atoms with Gasteiger partial charge < -0.3 is 28.0 Å². The van der Waals surface area contributed by atoms with Crippen molar-refractivity contribution in [1.29, 1.82) is 0 Å². The van der Waals surface area contributed by atoms with Gasteiger partial charge in [-0.1, -0.05) is 0 Å². The Bertz CT molecular complexity index is 990. The zero-order chi connectivity index (χ0) is 25.7. The fourth-order valence-electron chi connectivity index (χ4n) is 4.16. The van der Waals surface area contributed by atoms with Gasteiger partial charge in [-0.15, -0.1) is 0 Å². The molecule has 1 aliphatic carbocycles. The van der Waals surface area contributed by atoms with E-state index in [1.54, 1.807) is 13.8 Å². The smallest absolute Gasteiger partial charge is 0.338 e. The number of methoxy groups -OCH3 is 4. The molecule has 0 aromatic heterocycles. The zero-order valence-corrected chi connectivity index (χ0v) is 20.9. The lowest BCUT2D eigenvalue weighted by Crippen LogP contribution is -2.47. The Morgan fingerprint density at radius 3 is 1.74 bits per heavy atom. The minimum absolute atomic E-state index is 0.0106. The van der Waals surface area contributed by atoms with E-state index in [0.29, 0.717) is 5.56 Å². The van der Waals surface area contributed by atoms with Gasteiger partial charge in [0.25, 0.3) is 0 Å². The highest BCUT2D eigenvalue weighted by molar-refractivity contribution is 7.54. The van der Waals surface area contributed by atoms with Crippen LogP contribution in [0.5, 0.6) is 0 Å². The molecule has 0 spiro atoms. The number of carbonyl (C=O) groups is 4. The molecule has 0 radical (unpaired) electrons. The summed E-state index contributed by atoms with van der Waals surface area (Å²) < 4.78 is 44.4. The molecular formula is C22H29O11P. The Hall–Kier alpha value is -2.75. The molecule has 11 nitrogen and oxygen atoms in total. The van der Waals surface area contributed by atoms with E-state index < -0.39 is 42.5 Å². The Balaban J connectivity index is 2.94. The van der Waals surface area contributed by atoms with E-state index in [2.05, 4.69) is 0 Å². The van der Waals surface area contributed by atoms with Crippen molar-refractivity contribution < 1.29 is 51.7 Å². The molecule has 0 amide bonds. The third-order valence-electron chi connectivity index (χ3n) is 5.64. The summed E-state index contributed by atoms with van der Waals surface area (Å²) in [7, 11) is 0.512. The summed E-state index contributed by atoms with van der Waals surface area (Å²) in [5, 5.41) is 0. The number of fused-ring (bicyclic) bond motifs is 1. The first kappa shape index (κ1) is 27.5. The molecule has 1 unspecified atom stereocenters. The van der Waals surface area contributed by atoms with E-state index in [1.807, 2.05) is 0 Å². The fourth-order valence-corrected chi connectivity index (χ4v) is 6.43. The second kappa shape index (κ2) is 11.1. The summed E-state index contributed by atoms with van der Waals surface area (Å²) >= 11 is 0. The van der Waals surface area contributed by atoms with Crippen LogP contribution < -0.4 is 0 Å². The Labute approximate surface area is 197 Å². The van der Waals surface area contributed by atoms with Crippen LogP contribution in [0.3, 0.4) is 0 Å². The van der Waals surface area contributed by atoms with Crippen molar-refractivity contribution in [1.82, 2.24) is 0 Å². The van der Waals surface area contributed by atoms with Gasteiger partial charge >= 0.3 is 31.5 Å². The summed E-state index contributed by atoms with van der Waals surface area (Å²) in [4.78, 5) is 50.8. The predicted molar refractivity (Wildman–Crippen MR) is 118 cm³/mol. The maximum Gasteiger partial charge on any atom is 0.338 e. The molecule has 0 saturated heterocycles. The van der Waals surface area contributed by atoms with Crippen molar-refractivity contribution in [2.75, 3.05) is 41.7 Å². The zero-order valence-electron chi connectivity index (χ0n) is 20.0. The molecule has 0 N–H and O–H groups in total. The van der Waals surface area contributed by atoms with Crippen LogP contribution in [0.1, 0.15) is 57.8 Å². The highest BCUT2D eigenvalue weighted by atomic mass is 31.2. The second-order valence-electron chi connectivity index (χ2n) is 7.42. The standard InChI is InChI=1S/C22H29O11P/c1-7-32-34(27,33-8-2)17-12-22(20(25)30-5,21(26)31-6)11-13-9-15(18(23)28-3)16(10-14(13)17)19(24)29-4/h9-10,17H,7-8,11-12H2,1-6H3. The van der Waals surface area contributed by atoms with Gasteiger partial charge in [0.2, 0.25) is 0 Å². The largest absolute Gasteiger partial charge is 0.468 e. The van der Waals surface area contributed by atoms with E-state index >= 15 is 0 Å². The SMILES string of the molecule is CCOP(=O)(OCC)C1CC(C(=O)OC)(C(=O)OC)Cc2cc(C(=O)OC)c(C(=O)OC)cc21. The molecule has 188 valence electrons. The number of carbonyl (C=O) groups excluding carboxylic acids is 4. The van der Waals surface area contributed by atoms with Gasteiger partial charge in [0.15, 0.2) is 5.41 Å². The molecule has 0 heterocycles. The first-order chi connectivity index (χ1) is 16.1. The Kier molecular flexibility index (Phi) is 8.99. The number of esters is 4. The molecule has 1 atom stereocenters. The summed E-state index contributed by atoms with van der Waals surface area (Å²) in [6.45, 7) is 3.25. The average Bonchev–Trinajstić information content (AvgIpc) is 2.85. The minimum Gasteiger partial charge on any atom is -0.468 e. The minimum atomic E-state index is -4.00. The van der Waals surface area contributed by atoms with Crippen LogP contribution in [0, 0.1) is 5.41 Å². The van der Waals surface area contributed by atoms with E-state index in [0.717, 1.165) is 28.4 Å². The molecule has 0 bridgehead atoms. The van der Waals surface area contributed by atoms with Gasteiger partial charge in [-0.3, -0.25) is 14.2 Å². The highest BCUT2D eigenvalue weighted by Crippen LogP contribution is 2.67. The van der Waals surface area contributed by atoms with Gasteiger partial charge in [-0.05, 0) is 49.9 Å².